The van der Waals surface area contributed by atoms with Crippen LogP contribution in [0.25, 0.3) is 10.2 Å². The van der Waals surface area contributed by atoms with Gasteiger partial charge in [0.25, 0.3) is 5.91 Å². The van der Waals surface area contributed by atoms with E-state index < -0.39 is 0 Å². The molecular weight excluding hydrogens is 414 g/mol. The highest BCUT2D eigenvalue weighted by Crippen LogP contribution is 2.32. The lowest BCUT2D eigenvalue weighted by atomic mass is 10.1. The molecule has 0 N–H and O–H groups in total. The second-order valence-electron chi connectivity index (χ2n) is 6.95. The summed E-state index contributed by atoms with van der Waals surface area (Å²) in [6, 6.07) is 13.1. The average molecular weight is 442 g/mol. The van der Waals surface area contributed by atoms with Gasteiger partial charge in [0.1, 0.15) is 0 Å². The maximum Gasteiger partial charge on any atom is 0.260 e. The molecule has 0 fully saturated rings. The number of ketones is 1. The number of thiazole rings is 1. The molecular formula is C23H27N3O2S2. The van der Waals surface area contributed by atoms with E-state index in [9.17, 15) is 9.59 Å². The zero-order valence-electron chi connectivity index (χ0n) is 17.8. The number of hydrogen-bond donors (Lipinski definition) is 0. The lowest BCUT2D eigenvalue weighted by Crippen LogP contribution is -2.38. The van der Waals surface area contributed by atoms with Crippen molar-refractivity contribution in [1.29, 1.82) is 0 Å². The Balaban J connectivity index is 1.95. The van der Waals surface area contributed by atoms with Gasteiger partial charge in [-0.2, -0.15) is 0 Å². The summed E-state index contributed by atoms with van der Waals surface area (Å²) < 4.78 is 1.07. The van der Waals surface area contributed by atoms with Crippen LogP contribution in [0.5, 0.6) is 0 Å². The molecule has 158 valence electrons. The summed E-state index contributed by atoms with van der Waals surface area (Å²) in [4.78, 5) is 35.0. The molecule has 0 saturated carbocycles. The predicted molar refractivity (Wildman–Crippen MR) is 127 cm³/mol. The molecule has 0 spiro atoms. The maximum atomic E-state index is 13.4. The summed E-state index contributed by atoms with van der Waals surface area (Å²) in [5.74, 6) is -0.107. The van der Waals surface area contributed by atoms with Gasteiger partial charge >= 0.3 is 0 Å². The number of carbonyl (C=O) groups is 2. The number of aromatic nitrogens is 1. The number of rotatable bonds is 9. The smallest absolute Gasteiger partial charge is 0.260 e. The molecule has 1 aromatic heterocycles. The van der Waals surface area contributed by atoms with E-state index in [1.165, 1.54) is 11.8 Å². The molecule has 0 bridgehead atoms. The van der Waals surface area contributed by atoms with Crippen LogP contribution in [0.2, 0.25) is 0 Å². The van der Waals surface area contributed by atoms with Gasteiger partial charge in [-0.05, 0) is 56.6 Å². The summed E-state index contributed by atoms with van der Waals surface area (Å²) in [6.45, 7) is 8.97. The Morgan fingerprint density at radius 1 is 1.00 bits per heavy atom. The molecule has 0 saturated heterocycles. The Morgan fingerprint density at radius 2 is 1.67 bits per heavy atom. The fraction of sp³-hybridized carbons (Fsp3) is 0.348. The first-order valence-corrected chi connectivity index (χ1v) is 12.1. The van der Waals surface area contributed by atoms with Crippen molar-refractivity contribution in [2.24, 2.45) is 0 Å². The molecule has 0 unspecified atom stereocenters. The van der Waals surface area contributed by atoms with Crippen molar-refractivity contribution < 1.29 is 9.59 Å². The number of nitrogens with zero attached hydrogens (tertiary/aromatic N) is 3. The van der Waals surface area contributed by atoms with Crippen molar-refractivity contribution in [1.82, 2.24) is 9.88 Å². The van der Waals surface area contributed by atoms with Crippen LogP contribution in [-0.2, 0) is 0 Å². The zero-order chi connectivity index (χ0) is 21.7. The fourth-order valence-corrected chi connectivity index (χ4v) is 4.75. The lowest BCUT2D eigenvalue weighted by molar-refractivity contribution is 0.0980. The molecule has 3 rings (SSSR count). The van der Waals surface area contributed by atoms with Crippen molar-refractivity contribution in [2.45, 2.75) is 25.7 Å². The number of likely N-dealkylation sites (N-methyl/N-ethyl adjacent to an activating group) is 1. The molecule has 0 aliphatic carbocycles. The Kier molecular flexibility index (Phi) is 7.64. The first-order chi connectivity index (χ1) is 14.5. The maximum absolute atomic E-state index is 13.4. The van der Waals surface area contributed by atoms with Crippen LogP contribution in [-0.4, -0.2) is 54.0 Å². The van der Waals surface area contributed by atoms with E-state index in [1.54, 1.807) is 52.3 Å². The van der Waals surface area contributed by atoms with Crippen LogP contribution in [0.4, 0.5) is 5.13 Å². The standard InChI is InChI=1S/C23H27N3O2S2/c1-5-25(6-2)13-14-26(22(28)18-9-7-17(8-10-18)16(3)27)23-24-20-12-11-19(29-4)15-21(20)30-23/h7-12,15H,5-6,13-14H2,1-4H3. The fourth-order valence-electron chi connectivity index (χ4n) is 3.20. The topological polar surface area (TPSA) is 53.5 Å². The molecule has 2 aromatic carbocycles. The Labute approximate surface area is 186 Å². The summed E-state index contributed by atoms with van der Waals surface area (Å²) in [5, 5.41) is 0.705. The highest BCUT2D eigenvalue weighted by molar-refractivity contribution is 7.98. The van der Waals surface area contributed by atoms with E-state index in [4.69, 9.17) is 4.98 Å². The van der Waals surface area contributed by atoms with Gasteiger partial charge in [0.2, 0.25) is 0 Å². The molecule has 0 atom stereocenters. The number of carbonyl (C=O) groups excluding carboxylic acids is 2. The zero-order valence-corrected chi connectivity index (χ0v) is 19.5. The molecule has 0 aliphatic rings. The van der Waals surface area contributed by atoms with Crippen LogP contribution in [0.3, 0.4) is 0 Å². The van der Waals surface area contributed by atoms with Gasteiger partial charge in [-0.3, -0.25) is 14.5 Å². The van der Waals surface area contributed by atoms with Crippen LogP contribution >= 0.6 is 23.1 Å². The predicted octanol–water partition coefficient (Wildman–Crippen LogP) is 5.21. The van der Waals surface area contributed by atoms with Gasteiger partial charge in [0, 0.05) is 29.1 Å². The largest absolute Gasteiger partial charge is 0.302 e. The highest BCUT2D eigenvalue weighted by atomic mass is 32.2. The first-order valence-electron chi connectivity index (χ1n) is 10.1. The SMILES string of the molecule is CCN(CC)CCN(C(=O)c1ccc(C(C)=O)cc1)c1nc2ccc(SC)cc2s1. The van der Waals surface area contributed by atoms with Gasteiger partial charge in [-0.15, -0.1) is 11.8 Å². The third-order valence-corrected chi connectivity index (χ3v) is 6.90. The Bertz CT molecular complexity index is 1030. The van der Waals surface area contributed by atoms with Crippen LogP contribution in [0.1, 0.15) is 41.5 Å². The molecule has 1 heterocycles. The van der Waals surface area contributed by atoms with E-state index >= 15 is 0 Å². The monoisotopic (exact) mass is 441 g/mol. The molecule has 0 radical (unpaired) electrons. The number of Topliss-reactive ketones (excluding diaryl/α,β-unsaturated/α-hetero) is 1. The third-order valence-electron chi connectivity index (χ3n) is 5.13. The van der Waals surface area contributed by atoms with Crippen molar-refractivity contribution in [3.63, 3.8) is 0 Å². The van der Waals surface area contributed by atoms with Gasteiger partial charge in [0.05, 0.1) is 10.2 Å². The Hall–Kier alpha value is -2.22. The second-order valence-corrected chi connectivity index (χ2v) is 8.84. The number of benzene rings is 2. The van der Waals surface area contributed by atoms with Crippen molar-refractivity contribution >= 4 is 50.1 Å². The third kappa shape index (κ3) is 5.09. The number of thioether (sulfide) groups is 1. The minimum atomic E-state index is -0.0959. The minimum Gasteiger partial charge on any atom is -0.302 e. The van der Waals surface area contributed by atoms with Gasteiger partial charge < -0.3 is 4.90 Å². The summed E-state index contributed by atoms with van der Waals surface area (Å²) in [6.07, 6.45) is 2.05. The van der Waals surface area contributed by atoms with E-state index in [1.807, 2.05) is 12.3 Å². The first kappa shape index (κ1) is 22.5. The highest BCUT2D eigenvalue weighted by Gasteiger charge is 2.22. The number of hydrogen-bond acceptors (Lipinski definition) is 6. The number of amides is 1. The molecule has 3 aromatic rings. The van der Waals surface area contributed by atoms with Crippen LogP contribution in [0, 0.1) is 0 Å². The van der Waals surface area contributed by atoms with Gasteiger partial charge in [-0.25, -0.2) is 4.98 Å². The number of fused-ring (bicyclic) bond motifs is 1. The Morgan fingerprint density at radius 3 is 2.27 bits per heavy atom. The quantitative estimate of drug-likeness (QED) is 0.337. The second kappa shape index (κ2) is 10.2. The molecule has 7 heteroatoms. The van der Waals surface area contributed by atoms with E-state index in [-0.39, 0.29) is 11.7 Å². The number of anilines is 1. The van der Waals surface area contributed by atoms with Crippen LogP contribution < -0.4 is 4.90 Å². The summed E-state index contributed by atoms with van der Waals surface area (Å²) >= 11 is 3.23. The van der Waals surface area contributed by atoms with E-state index in [2.05, 4.69) is 30.9 Å². The lowest BCUT2D eigenvalue weighted by Gasteiger charge is -2.24. The van der Waals surface area contributed by atoms with Crippen molar-refractivity contribution in [3.05, 3.63) is 53.6 Å². The van der Waals surface area contributed by atoms with Crippen molar-refractivity contribution in [3.8, 4) is 0 Å². The van der Waals surface area contributed by atoms with Crippen LogP contribution in [0.15, 0.2) is 47.4 Å². The van der Waals surface area contributed by atoms with E-state index in [0.29, 0.717) is 22.8 Å². The van der Waals surface area contributed by atoms with Crippen molar-refractivity contribution in [2.75, 3.05) is 37.3 Å². The molecule has 5 nitrogen and oxygen atoms in total. The molecule has 30 heavy (non-hydrogen) atoms. The van der Waals surface area contributed by atoms with Gasteiger partial charge in [-0.1, -0.05) is 37.3 Å². The average Bonchev–Trinajstić information content (AvgIpc) is 3.19. The van der Waals surface area contributed by atoms with Gasteiger partial charge in [0.15, 0.2) is 10.9 Å². The minimum absolute atomic E-state index is 0.0110. The summed E-state index contributed by atoms with van der Waals surface area (Å²) in [7, 11) is 0. The molecule has 1 amide bonds. The summed E-state index contributed by atoms with van der Waals surface area (Å²) in [5.41, 5.74) is 2.06. The molecule has 0 aliphatic heterocycles. The normalized spacial score (nSPS) is 11.2. The van der Waals surface area contributed by atoms with E-state index in [0.717, 1.165) is 29.9 Å².